The van der Waals surface area contributed by atoms with Crippen molar-refractivity contribution in [3.63, 3.8) is 0 Å². The molecule has 2 aromatic carbocycles. The van der Waals surface area contributed by atoms with Crippen LogP contribution >= 0.6 is 0 Å². The predicted molar refractivity (Wildman–Crippen MR) is 95.8 cm³/mol. The number of rotatable bonds is 5. The van der Waals surface area contributed by atoms with E-state index in [1.807, 2.05) is 4.73 Å². The fourth-order valence-corrected chi connectivity index (χ4v) is 3.65. The molecule has 2 heterocycles. The van der Waals surface area contributed by atoms with Crippen molar-refractivity contribution in [2.24, 2.45) is 0 Å². The molecule has 1 aliphatic heterocycles. The van der Waals surface area contributed by atoms with Crippen LogP contribution in [0.15, 0.2) is 48.5 Å². The summed E-state index contributed by atoms with van der Waals surface area (Å²) in [5.74, 6) is 0. The molecule has 1 aromatic heterocycles. The van der Waals surface area contributed by atoms with Crippen LogP contribution in [0.4, 0.5) is 0 Å². The Morgan fingerprint density at radius 2 is 1.39 bits per heavy atom. The quantitative estimate of drug-likeness (QED) is 0.660. The second-order valence-corrected chi connectivity index (χ2v) is 6.42. The van der Waals surface area contributed by atoms with Crippen molar-refractivity contribution < 1.29 is 4.84 Å². The van der Waals surface area contributed by atoms with Crippen molar-refractivity contribution >= 4 is 21.8 Å². The van der Waals surface area contributed by atoms with Gasteiger partial charge in [0.2, 0.25) is 0 Å². The molecule has 3 heteroatoms. The number of benzene rings is 2. The van der Waals surface area contributed by atoms with Crippen LogP contribution in [0.2, 0.25) is 0 Å². The molecule has 3 nitrogen and oxygen atoms in total. The summed E-state index contributed by atoms with van der Waals surface area (Å²) in [6.07, 6.45) is 5.19. The van der Waals surface area contributed by atoms with Gasteiger partial charge in [-0.05, 0) is 44.5 Å². The van der Waals surface area contributed by atoms with E-state index in [1.54, 1.807) is 0 Å². The molecule has 0 saturated carbocycles. The number of hydrogen-bond acceptors (Lipinski definition) is 2. The zero-order valence-electron chi connectivity index (χ0n) is 13.6. The second kappa shape index (κ2) is 6.63. The van der Waals surface area contributed by atoms with E-state index in [2.05, 4.69) is 53.4 Å². The maximum absolute atomic E-state index is 6.15. The molecule has 0 amide bonds. The van der Waals surface area contributed by atoms with Crippen LogP contribution in [0, 0.1) is 0 Å². The van der Waals surface area contributed by atoms with E-state index < -0.39 is 0 Å². The van der Waals surface area contributed by atoms with Crippen molar-refractivity contribution in [2.45, 2.75) is 25.7 Å². The highest BCUT2D eigenvalue weighted by atomic mass is 16.7. The minimum absolute atomic E-state index is 0.763. The average Bonchev–Trinajstić information content (AvgIpc) is 2.94. The molecule has 0 aliphatic carbocycles. The fourth-order valence-electron chi connectivity index (χ4n) is 3.65. The van der Waals surface area contributed by atoms with E-state index in [0.717, 1.165) is 30.6 Å². The summed E-state index contributed by atoms with van der Waals surface area (Å²) in [5, 5.41) is 2.53. The summed E-state index contributed by atoms with van der Waals surface area (Å²) in [7, 11) is 0. The standard InChI is InChI=1S/C20H24N2O/c1-6-13-21(14-7-1)15-8-16-23-22-19-11-4-2-9-17(19)18-10-3-5-12-20(18)22/h2-5,9-12H,1,6-8,13-16H2. The van der Waals surface area contributed by atoms with Gasteiger partial charge in [0.15, 0.2) is 0 Å². The molecule has 1 saturated heterocycles. The monoisotopic (exact) mass is 308 g/mol. The summed E-state index contributed by atoms with van der Waals surface area (Å²) >= 11 is 0. The summed E-state index contributed by atoms with van der Waals surface area (Å²) < 4.78 is 2.01. The molecule has 4 rings (SSSR count). The van der Waals surface area contributed by atoms with E-state index in [0.29, 0.717) is 0 Å². The minimum atomic E-state index is 0.763. The zero-order valence-corrected chi connectivity index (χ0v) is 13.6. The van der Waals surface area contributed by atoms with E-state index in [-0.39, 0.29) is 0 Å². The Morgan fingerprint density at radius 1 is 0.783 bits per heavy atom. The number of piperidine rings is 1. The lowest BCUT2D eigenvalue weighted by molar-refractivity contribution is 0.113. The second-order valence-electron chi connectivity index (χ2n) is 6.42. The van der Waals surface area contributed by atoms with Gasteiger partial charge in [-0.1, -0.05) is 42.8 Å². The Bertz CT molecular complexity index is 733. The van der Waals surface area contributed by atoms with E-state index in [9.17, 15) is 0 Å². The molecule has 1 aliphatic rings. The largest absolute Gasteiger partial charge is 0.413 e. The summed E-state index contributed by atoms with van der Waals surface area (Å²) in [5.41, 5.74) is 2.32. The molecular formula is C20H24N2O. The molecule has 0 bridgehead atoms. The summed E-state index contributed by atoms with van der Waals surface area (Å²) in [6, 6.07) is 17.0. The van der Waals surface area contributed by atoms with Gasteiger partial charge in [-0.25, -0.2) is 0 Å². The molecule has 120 valence electrons. The van der Waals surface area contributed by atoms with Crippen LogP contribution in [-0.4, -0.2) is 35.9 Å². The zero-order chi connectivity index (χ0) is 15.5. The maximum Gasteiger partial charge on any atom is 0.116 e. The number of fused-ring (bicyclic) bond motifs is 3. The van der Waals surface area contributed by atoms with Crippen molar-refractivity contribution in [1.29, 1.82) is 0 Å². The van der Waals surface area contributed by atoms with Gasteiger partial charge in [0, 0.05) is 17.3 Å². The van der Waals surface area contributed by atoms with Crippen LogP contribution in [0.1, 0.15) is 25.7 Å². The number of aromatic nitrogens is 1. The molecule has 0 radical (unpaired) electrons. The van der Waals surface area contributed by atoms with E-state index in [1.165, 1.54) is 43.1 Å². The number of likely N-dealkylation sites (tertiary alicyclic amines) is 1. The lowest BCUT2D eigenvalue weighted by atomic mass is 10.1. The first kappa shape index (κ1) is 14.6. The summed E-state index contributed by atoms with van der Waals surface area (Å²) in [6.45, 7) is 4.43. The number of nitrogens with zero attached hydrogens (tertiary/aromatic N) is 2. The Balaban J connectivity index is 1.49. The van der Waals surface area contributed by atoms with Crippen LogP contribution in [0.5, 0.6) is 0 Å². The van der Waals surface area contributed by atoms with Crippen LogP contribution < -0.4 is 4.84 Å². The molecule has 0 unspecified atom stereocenters. The van der Waals surface area contributed by atoms with Crippen LogP contribution in [-0.2, 0) is 0 Å². The molecule has 1 fully saturated rings. The first-order valence-corrected chi connectivity index (χ1v) is 8.77. The van der Waals surface area contributed by atoms with Gasteiger partial charge in [-0.2, -0.15) is 4.73 Å². The molecule has 0 N–H and O–H groups in total. The van der Waals surface area contributed by atoms with Crippen molar-refractivity contribution in [3.8, 4) is 0 Å². The fraction of sp³-hybridized carbons (Fsp3) is 0.400. The highest BCUT2D eigenvalue weighted by Crippen LogP contribution is 2.27. The lowest BCUT2D eigenvalue weighted by Crippen LogP contribution is -2.31. The normalized spacial score (nSPS) is 16.2. The molecular weight excluding hydrogens is 284 g/mol. The van der Waals surface area contributed by atoms with E-state index in [4.69, 9.17) is 4.84 Å². The lowest BCUT2D eigenvalue weighted by Gasteiger charge is -2.26. The topological polar surface area (TPSA) is 17.4 Å². The molecule has 0 atom stereocenters. The first-order valence-electron chi connectivity index (χ1n) is 8.77. The molecule has 3 aromatic rings. The Morgan fingerprint density at radius 3 is 2.04 bits per heavy atom. The third-order valence-corrected chi connectivity index (χ3v) is 4.82. The minimum Gasteiger partial charge on any atom is -0.413 e. The molecule has 0 spiro atoms. The summed E-state index contributed by atoms with van der Waals surface area (Å²) in [4.78, 5) is 8.72. The van der Waals surface area contributed by atoms with Gasteiger partial charge in [0.1, 0.15) is 6.61 Å². The number of hydrogen-bond donors (Lipinski definition) is 0. The maximum atomic E-state index is 6.15. The third kappa shape index (κ3) is 2.93. The van der Waals surface area contributed by atoms with Crippen LogP contribution in [0.3, 0.4) is 0 Å². The Labute approximate surface area is 137 Å². The Kier molecular flexibility index (Phi) is 4.20. The van der Waals surface area contributed by atoms with Gasteiger partial charge in [0.05, 0.1) is 11.0 Å². The van der Waals surface area contributed by atoms with Crippen molar-refractivity contribution in [3.05, 3.63) is 48.5 Å². The SMILES string of the molecule is c1ccc2c(c1)c1ccccc1n2OCCCN1CCCCC1. The highest BCUT2D eigenvalue weighted by molar-refractivity contribution is 6.07. The van der Waals surface area contributed by atoms with Crippen molar-refractivity contribution in [2.75, 3.05) is 26.2 Å². The first-order chi connectivity index (χ1) is 11.4. The van der Waals surface area contributed by atoms with Gasteiger partial charge in [0.25, 0.3) is 0 Å². The number of para-hydroxylation sites is 2. The highest BCUT2D eigenvalue weighted by Gasteiger charge is 2.11. The Hall–Kier alpha value is -2.00. The predicted octanol–water partition coefficient (Wildman–Crippen LogP) is 4.10. The van der Waals surface area contributed by atoms with Crippen LogP contribution in [0.25, 0.3) is 21.8 Å². The van der Waals surface area contributed by atoms with E-state index >= 15 is 0 Å². The average molecular weight is 308 g/mol. The smallest absolute Gasteiger partial charge is 0.116 e. The van der Waals surface area contributed by atoms with Gasteiger partial charge in [-0.15, -0.1) is 0 Å². The van der Waals surface area contributed by atoms with Gasteiger partial charge < -0.3 is 9.74 Å². The van der Waals surface area contributed by atoms with Crippen molar-refractivity contribution in [1.82, 2.24) is 9.63 Å². The third-order valence-electron chi connectivity index (χ3n) is 4.82. The molecule has 23 heavy (non-hydrogen) atoms. The van der Waals surface area contributed by atoms with Gasteiger partial charge in [-0.3, -0.25) is 0 Å². The van der Waals surface area contributed by atoms with Gasteiger partial charge >= 0.3 is 0 Å².